The van der Waals surface area contributed by atoms with Crippen molar-refractivity contribution in [3.05, 3.63) is 58.8 Å². The lowest BCUT2D eigenvalue weighted by Gasteiger charge is -2.51. The highest BCUT2D eigenvalue weighted by molar-refractivity contribution is 5.95. The molecule has 31 heavy (non-hydrogen) atoms. The third-order valence-electron chi connectivity index (χ3n) is 7.55. The van der Waals surface area contributed by atoms with E-state index in [1.807, 2.05) is 6.92 Å². The average molecular weight is 416 g/mol. The number of nitrogens with one attached hydrogen (secondary N) is 1. The van der Waals surface area contributed by atoms with Crippen LogP contribution in [0.3, 0.4) is 0 Å². The van der Waals surface area contributed by atoms with Gasteiger partial charge in [0.15, 0.2) is 5.82 Å². The van der Waals surface area contributed by atoms with Crippen LogP contribution in [0, 0.1) is 20.8 Å². The van der Waals surface area contributed by atoms with Crippen molar-refractivity contribution in [1.82, 2.24) is 15.1 Å². The van der Waals surface area contributed by atoms with Crippen LogP contribution in [0.1, 0.15) is 48.2 Å². The molecule has 0 unspecified atom stereocenters. The first kappa shape index (κ1) is 20.3. The Hall–Kier alpha value is -2.66. The fourth-order valence-corrected chi connectivity index (χ4v) is 5.44. The Morgan fingerprint density at radius 2 is 1.77 bits per heavy atom. The Bertz CT molecular complexity index is 1120. The third-order valence-corrected chi connectivity index (χ3v) is 7.55. The largest absolute Gasteiger partial charge is 0.366 e. The van der Waals surface area contributed by atoms with Crippen LogP contribution in [0.5, 0.6) is 0 Å². The summed E-state index contributed by atoms with van der Waals surface area (Å²) >= 11 is 0. The van der Waals surface area contributed by atoms with Crippen LogP contribution in [-0.2, 0) is 0 Å². The third kappa shape index (κ3) is 3.55. The molecule has 0 spiro atoms. The Morgan fingerprint density at radius 3 is 2.52 bits per heavy atom. The van der Waals surface area contributed by atoms with Crippen molar-refractivity contribution in [2.24, 2.45) is 0 Å². The first-order chi connectivity index (χ1) is 14.9. The van der Waals surface area contributed by atoms with Crippen molar-refractivity contribution >= 4 is 22.3 Å². The molecule has 2 aromatic carbocycles. The summed E-state index contributed by atoms with van der Waals surface area (Å²) in [5.41, 5.74) is 6.25. The average Bonchev–Trinajstić information content (AvgIpc) is 2.77. The Kier molecular flexibility index (Phi) is 5.09. The number of hydrogen-bond acceptors (Lipinski definition) is 5. The van der Waals surface area contributed by atoms with Crippen molar-refractivity contribution in [2.75, 3.05) is 30.4 Å². The second-order valence-corrected chi connectivity index (χ2v) is 9.50. The number of benzene rings is 2. The number of fused-ring (bicyclic) bond motifs is 4. The molecule has 3 atom stereocenters. The van der Waals surface area contributed by atoms with Gasteiger partial charge in [-0.3, -0.25) is 4.90 Å². The molecule has 4 heterocycles. The van der Waals surface area contributed by atoms with Gasteiger partial charge in [-0.1, -0.05) is 24.3 Å². The summed E-state index contributed by atoms with van der Waals surface area (Å²) < 4.78 is 0. The van der Waals surface area contributed by atoms with Crippen LogP contribution in [-0.4, -0.2) is 47.3 Å². The molecule has 0 saturated carbocycles. The Balaban J connectivity index is 1.51. The lowest BCUT2D eigenvalue weighted by atomic mass is 9.90. The van der Waals surface area contributed by atoms with Crippen molar-refractivity contribution in [3.63, 3.8) is 0 Å². The molecule has 3 aliphatic rings. The second-order valence-electron chi connectivity index (χ2n) is 9.50. The lowest BCUT2D eigenvalue weighted by molar-refractivity contribution is 0.125. The van der Waals surface area contributed by atoms with Gasteiger partial charge >= 0.3 is 0 Å². The number of likely N-dealkylation sites (N-methyl/N-ethyl adjacent to an activating group) is 1. The molecular formula is C26H33N5. The van der Waals surface area contributed by atoms with Crippen LogP contribution in [0.4, 0.5) is 11.5 Å². The predicted molar refractivity (Wildman–Crippen MR) is 129 cm³/mol. The maximum atomic E-state index is 4.58. The predicted octanol–water partition coefficient (Wildman–Crippen LogP) is 5.01. The molecule has 1 aromatic heterocycles. The molecule has 3 fully saturated rings. The molecule has 3 aliphatic heterocycles. The standard InChI is InChI=1S/C26H33N5/c1-16-7-6-8-23(17(16)2)18(3)27-26-25-13-20(11-12-24(25)19(4)28-29-26)31-15-21-9-10-22(31)14-30(21)5/h6-8,11-13,18,21-22H,9-10,14-15H2,1-5H3,(H,27,29)/t18-,21+,22+/m1/s1. The molecule has 0 radical (unpaired) electrons. The van der Waals surface area contributed by atoms with Crippen molar-refractivity contribution in [1.29, 1.82) is 0 Å². The van der Waals surface area contributed by atoms with E-state index in [-0.39, 0.29) is 6.04 Å². The monoisotopic (exact) mass is 415 g/mol. The molecule has 0 amide bonds. The molecule has 1 N–H and O–H groups in total. The second kappa shape index (κ2) is 7.79. The van der Waals surface area contributed by atoms with Crippen LogP contribution in [0.25, 0.3) is 10.8 Å². The van der Waals surface area contributed by atoms with Gasteiger partial charge in [0.2, 0.25) is 0 Å². The lowest BCUT2D eigenvalue weighted by Crippen LogP contribution is -2.61. The van der Waals surface area contributed by atoms with E-state index in [0.29, 0.717) is 12.1 Å². The van der Waals surface area contributed by atoms with Crippen LogP contribution in [0.15, 0.2) is 36.4 Å². The molecule has 6 rings (SSSR count). The maximum Gasteiger partial charge on any atom is 0.157 e. The van der Waals surface area contributed by atoms with E-state index in [1.54, 1.807) is 0 Å². The van der Waals surface area contributed by atoms with E-state index in [1.165, 1.54) is 40.6 Å². The van der Waals surface area contributed by atoms with Gasteiger partial charge in [0.05, 0.1) is 11.7 Å². The van der Waals surface area contributed by atoms with E-state index < -0.39 is 0 Å². The fraction of sp³-hybridized carbons (Fsp3) is 0.462. The zero-order valence-electron chi connectivity index (χ0n) is 19.3. The van der Waals surface area contributed by atoms with E-state index >= 15 is 0 Å². The number of aryl methyl sites for hydroxylation is 2. The van der Waals surface area contributed by atoms with Crippen molar-refractivity contribution < 1.29 is 0 Å². The van der Waals surface area contributed by atoms with Crippen LogP contribution in [0.2, 0.25) is 0 Å². The number of piperidine rings is 2. The van der Waals surface area contributed by atoms with Crippen molar-refractivity contribution in [2.45, 2.75) is 58.7 Å². The maximum absolute atomic E-state index is 4.58. The fourth-order valence-electron chi connectivity index (χ4n) is 5.44. The van der Waals surface area contributed by atoms with Gasteiger partial charge in [-0.05, 0) is 76.4 Å². The number of nitrogens with zero attached hydrogens (tertiary/aromatic N) is 4. The van der Waals surface area contributed by atoms with E-state index in [2.05, 4.69) is 89.5 Å². The smallest absolute Gasteiger partial charge is 0.157 e. The highest BCUT2D eigenvalue weighted by atomic mass is 15.3. The molecule has 3 aromatic rings. The van der Waals surface area contributed by atoms with Gasteiger partial charge < -0.3 is 10.2 Å². The van der Waals surface area contributed by atoms with Gasteiger partial charge in [0.1, 0.15) is 0 Å². The van der Waals surface area contributed by atoms with Gasteiger partial charge in [-0.15, -0.1) is 5.10 Å². The summed E-state index contributed by atoms with van der Waals surface area (Å²) in [6.45, 7) is 10.9. The van der Waals surface area contributed by atoms with Crippen LogP contribution >= 0.6 is 0 Å². The van der Waals surface area contributed by atoms with Gasteiger partial charge in [0, 0.05) is 41.6 Å². The molecule has 5 nitrogen and oxygen atoms in total. The zero-order chi connectivity index (χ0) is 21.7. The first-order valence-corrected chi connectivity index (χ1v) is 11.5. The molecule has 3 saturated heterocycles. The number of hydrogen-bond donors (Lipinski definition) is 1. The normalized spacial score (nSPS) is 22.2. The summed E-state index contributed by atoms with van der Waals surface area (Å²) in [5, 5.41) is 15.0. The quantitative estimate of drug-likeness (QED) is 0.649. The number of rotatable bonds is 4. The molecule has 0 aliphatic carbocycles. The zero-order valence-corrected chi connectivity index (χ0v) is 19.3. The van der Waals surface area contributed by atoms with Gasteiger partial charge in [-0.25, -0.2) is 0 Å². The summed E-state index contributed by atoms with van der Waals surface area (Å²) in [6, 6.07) is 14.8. The van der Waals surface area contributed by atoms with Gasteiger partial charge in [0.25, 0.3) is 0 Å². The minimum atomic E-state index is 0.156. The molecule has 162 valence electrons. The SMILES string of the molecule is Cc1cccc([C@@H](C)Nc2nnc(C)c3ccc(N4C[C@@H]5CC[C@H]4CN5C)cc23)c1C. The topological polar surface area (TPSA) is 44.3 Å². The summed E-state index contributed by atoms with van der Waals surface area (Å²) in [4.78, 5) is 5.14. The minimum Gasteiger partial charge on any atom is -0.366 e. The summed E-state index contributed by atoms with van der Waals surface area (Å²) in [6.07, 6.45) is 2.60. The molecular weight excluding hydrogens is 382 g/mol. The summed E-state index contributed by atoms with van der Waals surface area (Å²) in [5.74, 6) is 0.871. The highest BCUT2D eigenvalue weighted by Crippen LogP contribution is 2.35. The van der Waals surface area contributed by atoms with E-state index in [4.69, 9.17) is 0 Å². The molecule has 5 heteroatoms. The number of aromatic nitrogens is 2. The highest BCUT2D eigenvalue weighted by Gasteiger charge is 2.37. The Labute approximate surface area is 185 Å². The van der Waals surface area contributed by atoms with Gasteiger partial charge in [-0.2, -0.15) is 5.10 Å². The number of anilines is 2. The minimum absolute atomic E-state index is 0.156. The Morgan fingerprint density at radius 1 is 0.968 bits per heavy atom. The van der Waals surface area contributed by atoms with E-state index in [0.717, 1.165) is 30.0 Å². The number of piperazine rings is 1. The van der Waals surface area contributed by atoms with Crippen molar-refractivity contribution in [3.8, 4) is 0 Å². The first-order valence-electron chi connectivity index (χ1n) is 11.5. The van der Waals surface area contributed by atoms with Crippen LogP contribution < -0.4 is 10.2 Å². The summed E-state index contributed by atoms with van der Waals surface area (Å²) in [7, 11) is 2.27. The van der Waals surface area contributed by atoms with E-state index in [9.17, 15) is 0 Å². The molecule has 2 bridgehead atoms.